The van der Waals surface area contributed by atoms with Gasteiger partial charge in [-0.1, -0.05) is 11.3 Å². The Hall–Kier alpha value is -3.57. The Balaban J connectivity index is 1.53. The van der Waals surface area contributed by atoms with Crippen molar-refractivity contribution in [2.75, 3.05) is 52.4 Å². The molecule has 1 N–H and O–H groups in total. The third kappa shape index (κ3) is 4.21. The summed E-state index contributed by atoms with van der Waals surface area (Å²) in [6, 6.07) is 10.1. The van der Waals surface area contributed by atoms with E-state index in [0.29, 0.717) is 35.3 Å². The number of piperazine rings is 1. The number of aromatic hydroxyl groups is 1. The summed E-state index contributed by atoms with van der Waals surface area (Å²) < 4.78 is 31.5. The van der Waals surface area contributed by atoms with Crippen LogP contribution in [0.15, 0.2) is 42.7 Å². The summed E-state index contributed by atoms with van der Waals surface area (Å²) >= 11 is 1.39. The van der Waals surface area contributed by atoms with Crippen LogP contribution in [-0.2, 0) is 0 Å². The van der Waals surface area contributed by atoms with Crippen LogP contribution in [0.4, 0.5) is 10.1 Å². The molecule has 1 aliphatic rings. The van der Waals surface area contributed by atoms with Crippen molar-refractivity contribution in [1.29, 1.82) is 0 Å². The molecule has 0 radical (unpaired) electrons. The van der Waals surface area contributed by atoms with Crippen LogP contribution in [0.25, 0.3) is 4.96 Å². The molecule has 0 saturated carbocycles. The highest BCUT2D eigenvalue weighted by molar-refractivity contribution is 7.17. The topological polar surface area (TPSA) is 84.6 Å². The molecule has 0 spiro atoms. The highest BCUT2D eigenvalue weighted by atomic mass is 32.1. The highest BCUT2D eigenvalue weighted by Crippen LogP contribution is 2.45. The zero-order valence-corrected chi connectivity index (χ0v) is 20.5. The Labute approximate surface area is 205 Å². The van der Waals surface area contributed by atoms with E-state index in [9.17, 15) is 9.50 Å². The van der Waals surface area contributed by atoms with Gasteiger partial charge in [0, 0.05) is 31.9 Å². The van der Waals surface area contributed by atoms with Gasteiger partial charge in [-0.2, -0.15) is 9.61 Å². The maximum Gasteiger partial charge on any atom is 0.230 e. The maximum atomic E-state index is 13.4. The molecule has 3 heterocycles. The molecule has 184 valence electrons. The van der Waals surface area contributed by atoms with Gasteiger partial charge in [0.05, 0.1) is 32.2 Å². The molecule has 9 nitrogen and oxygen atoms in total. The lowest BCUT2D eigenvalue weighted by atomic mass is 10.0. The molecule has 5 rings (SSSR count). The number of nitrogens with zero attached hydrogens (tertiary/aromatic N) is 5. The van der Waals surface area contributed by atoms with E-state index in [-0.39, 0.29) is 17.7 Å². The average Bonchev–Trinajstić information content (AvgIpc) is 3.47. The molecule has 0 bridgehead atoms. The number of aromatic nitrogens is 3. The summed E-state index contributed by atoms with van der Waals surface area (Å²) in [7, 11) is 4.73. The molecule has 35 heavy (non-hydrogen) atoms. The zero-order valence-electron chi connectivity index (χ0n) is 19.6. The minimum Gasteiger partial charge on any atom is -0.493 e. The Morgan fingerprint density at radius 2 is 1.63 bits per heavy atom. The van der Waals surface area contributed by atoms with Crippen molar-refractivity contribution in [3.05, 3.63) is 59.0 Å². The molecule has 1 aliphatic heterocycles. The molecule has 2 aromatic carbocycles. The van der Waals surface area contributed by atoms with Crippen LogP contribution in [-0.4, -0.2) is 72.1 Å². The fraction of sp³-hybridized carbons (Fsp3) is 0.333. The largest absolute Gasteiger partial charge is 0.493 e. The molecule has 0 amide bonds. The van der Waals surface area contributed by atoms with Crippen LogP contribution in [0.5, 0.6) is 23.1 Å². The van der Waals surface area contributed by atoms with Crippen molar-refractivity contribution in [3.63, 3.8) is 0 Å². The van der Waals surface area contributed by atoms with E-state index in [1.54, 1.807) is 33.5 Å². The molecular formula is C24H26FN5O4S. The highest BCUT2D eigenvalue weighted by Gasteiger charge is 2.33. The Kier molecular flexibility index (Phi) is 6.35. The van der Waals surface area contributed by atoms with E-state index >= 15 is 0 Å². The number of ether oxygens (including phenoxy) is 3. The molecule has 0 aliphatic carbocycles. The van der Waals surface area contributed by atoms with Gasteiger partial charge in [0.2, 0.25) is 16.6 Å². The summed E-state index contributed by atoms with van der Waals surface area (Å²) in [6.07, 6.45) is 1.42. The number of thiazole rings is 1. The van der Waals surface area contributed by atoms with Gasteiger partial charge in [-0.15, -0.1) is 0 Å². The average molecular weight is 500 g/mol. The van der Waals surface area contributed by atoms with E-state index in [0.717, 1.165) is 29.2 Å². The predicted molar refractivity (Wildman–Crippen MR) is 131 cm³/mol. The lowest BCUT2D eigenvalue weighted by Gasteiger charge is -2.40. The Bertz CT molecular complexity index is 1290. The normalized spacial score (nSPS) is 15.4. The molecular weight excluding hydrogens is 473 g/mol. The van der Waals surface area contributed by atoms with E-state index in [1.807, 2.05) is 12.1 Å². The van der Waals surface area contributed by atoms with Gasteiger partial charge < -0.3 is 24.2 Å². The monoisotopic (exact) mass is 499 g/mol. The second-order valence-corrected chi connectivity index (χ2v) is 9.11. The molecule has 2 aromatic heterocycles. The lowest BCUT2D eigenvalue weighted by Crippen LogP contribution is -2.47. The van der Waals surface area contributed by atoms with E-state index in [4.69, 9.17) is 14.2 Å². The molecule has 1 atom stereocenters. The first-order valence-corrected chi connectivity index (χ1v) is 11.9. The van der Waals surface area contributed by atoms with Gasteiger partial charge >= 0.3 is 0 Å². The first kappa shape index (κ1) is 23.2. The molecule has 4 aromatic rings. The summed E-state index contributed by atoms with van der Waals surface area (Å²) in [6.45, 7) is 2.92. The Morgan fingerprint density at radius 1 is 0.971 bits per heavy atom. The van der Waals surface area contributed by atoms with Crippen molar-refractivity contribution in [1.82, 2.24) is 19.5 Å². The lowest BCUT2D eigenvalue weighted by molar-refractivity contribution is 0.210. The van der Waals surface area contributed by atoms with Crippen LogP contribution in [0.3, 0.4) is 0 Å². The van der Waals surface area contributed by atoms with Gasteiger partial charge in [-0.25, -0.2) is 9.37 Å². The standard InChI is InChI=1S/C24H26FN5O4S/c1-32-18-12-15(13-19(33-2)21(18)34-3)20(22-23(31)30-24(35-22)26-14-27-30)29-10-8-28(9-11-29)17-6-4-16(25)5-7-17/h4-7,12-14,20,31H,8-11H2,1-3H3/t20-/m1/s1. The van der Waals surface area contributed by atoms with E-state index < -0.39 is 0 Å². The molecule has 1 fully saturated rings. The first-order chi connectivity index (χ1) is 17.0. The Morgan fingerprint density at radius 3 is 2.20 bits per heavy atom. The summed E-state index contributed by atoms with van der Waals surface area (Å²) in [4.78, 5) is 10.1. The number of hydrogen-bond donors (Lipinski definition) is 1. The molecule has 11 heteroatoms. The van der Waals surface area contributed by atoms with E-state index in [1.165, 1.54) is 34.3 Å². The minimum absolute atomic E-state index is 0.0576. The number of benzene rings is 2. The number of hydrogen-bond acceptors (Lipinski definition) is 9. The maximum absolute atomic E-state index is 13.4. The fourth-order valence-corrected chi connectivity index (χ4v) is 5.64. The molecule has 1 saturated heterocycles. The van der Waals surface area contributed by atoms with Crippen LogP contribution in [0.1, 0.15) is 16.5 Å². The third-order valence-electron chi connectivity index (χ3n) is 6.26. The number of anilines is 1. The second kappa shape index (κ2) is 9.59. The van der Waals surface area contributed by atoms with Crippen molar-refractivity contribution in [3.8, 4) is 23.1 Å². The van der Waals surface area contributed by atoms with Gasteiger partial charge in [0.25, 0.3) is 0 Å². The van der Waals surface area contributed by atoms with Gasteiger partial charge in [0.15, 0.2) is 11.5 Å². The van der Waals surface area contributed by atoms with Crippen molar-refractivity contribution in [2.45, 2.75) is 6.04 Å². The van der Waals surface area contributed by atoms with Crippen molar-refractivity contribution in [2.24, 2.45) is 0 Å². The van der Waals surface area contributed by atoms with Crippen LogP contribution >= 0.6 is 11.3 Å². The predicted octanol–water partition coefficient (Wildman–Crippen LogP) is 3.57. The second-order valence-electron chi connectivity index (χ2n) is 8.10. The summed E-state index contributed by atoms with van der Waals surface area (Å²) in [5.74, 6) is 1.39. The number of fused-ring (bicyclic) bond motifs is 1. The van der Waals surface area contributed by atoms with Crippen molar-refractivity contribution < 1.29 is 23.7 Å². The smallest absolute Gasteiger partial charge is 0.230 e. The zero-order chi connectivity index (χ0) is 24.5. The quantitative estimate of drug-likeness (QED) is 0.413. The summed E-state index contributed by atoms with van der Waals surface area (Å²) in [5, 5.41) is 15.2. The fourth-order valence-electron chi connectivity index (χ4n) is 4.55. The van der Waals surface area contributed by atoms with Crippen LogP contribution < -0.4 is 19.1 Å². The summed E-state index contributed by atoms with van der Waals surface area (Å²) in [5.41, 5.74) is 1.87. The number of halogens is 1. The van der Waals surface area contributed by atoms with Gasteiger partial charge in [-0.05, 0) is 42.0 Å². The first-order valence-electron chi connectivity index (χ1n) is 11.1. The van der Waals surface area contributed by atoms with Crippen molar-refractivity contribution >= 4 is 22.0 Å². The minimum atomic E-state index is -0.299. The van der Waals surface area contributed by atoms with Gasteiger partial charge in [0.1, 0.15) is 12.1 Å². The van der Waals surface area contributed by atoms with Crippen LogP contribution in [0, 0.1) is 5.82 Å². The third-order valence-corrected chi connectivity index (χ3v) is 7.35. The number of methoxy groups -OCH3 is 3. The number of rotatable bonds is 7. The SMILES string of the molecule is COc1cc([C@H](c2sc3ncnn3c2O)N2CCN(c3ccc(F)cc3)CC2)cc(OC)c1OC. The van der Waals surface area contributed by atoms with E-state index in [2.05, 4.69) is 19.9 Å². The molecule has 0 unspecified atom stereocenters. The van der Waals surface area contributed by atoms with Crippen LogP contribution in [0.2, 0.25) is 0 Å². The van der Waals surface area contributed by atoms with Gasteiger partial charge in [-0.3, -0.25) is 4.90 Å².